The van der Waals surface area contributed by atoms with E-state index in [9.17, 15) is 14.4 Å². The molecule has 0 bridgehead atoms. The molecule has 0 saturated carbocycles. The third kappa shape index (κ3) is 2.11. The van der Waals surface area contributed by atoms with E-state index in [-0.39, 0.29) is 11.9 Å². The number of likely N-dealkylation sites (N-methyl/N-ethyl adjacent to an activating group) is 1. The highest BCUT2D eigenvalue weighted by atomic mass is 16.2. The lowest BCUT2D eigenvalue weighted by Gasteiger charge is -2.26. The first-order valence-electron chi connectivity index (χ1n) is 8.11. The van der Waals surface area contributed by atoms with Crippen LogP contribution >= 0.6 is 0 Å². The molecule has 0 radical (unpaired) electrons. The molecular weight excluding hydrogens is 318 g/mol. The van der Waals surface area contributed by atoms with Crippen LogP contribution in [0.1, 0.15) is 27.6 Å². The van der Waals surface area contributed by atoms with Gasteiger partial charge in [0.1, 0.15) is 6.04 Å². The van der Waals surface area contributed by atoms with Crippen molar-refractivity contribution >= 4 is 23.4 Å². The molecule has 1 saturated heterocycles. The van der Waals surface area contributed by atoms with Gasteiger partial charge in [-0.25, -0.2) is 10.0 Å². The van der Waals surface area contributed by atoms with E-state index in [0.717, 1.165) is 4.90 Å². The molecule has 0 aromatic heterocycles. The molecule has 6 heteroatoms. The van der Waals surface area contributed by atoms with Crippen LogP contribution < -0.4 is 5.01 Å². The van der Waals surface area contributed by atoms with Crippen molar-refractivity contribution in [3.05, 3.63) is 65.7 Å². The summed E-state index contributed by atoms with van der Waals surface area (Å²) in [5.41, 5.74) is 1.42. The molecule has 4 rings (SSSR count). The molecule has 126 valence electrons. The van der Waals surface area contributed by atoms with Gasteiger partial charge in [-0.2, -0.15) is 0 Å². The van der Waals surface area contributed by atoms with Gasteiger partial charge >= 0.3 is 0 Å². The summed E-state index contributed by atoms with van der Waals surface area (Å²) in [6.07, 6.45) is 0. The van der Waals surface area contributed by atoms with Crippen molar-refractivity contribution in [3.63, 3.8) is 0 Å². The molecule has 0 aliphatic carbocycles. The normalized spacial score (nSPS) is 23.5. The van der Waals surface area contributed by atoms with Gasteiger partial charge in [-0.15, -0.1) is 0 Å². The maximum Gasteiger partial charge on any atom is 0.266 e. The van der Waals surface area contributed by atoms with E-state index in [1.165, 1.54) is 5.01 Å². The number of nitrogens with zero attached hydrogens (tertiary/aromatic N) is 3. The fraction of sp³-hybridized carbons (Fsp3) is 0.211. The molecule has 2 heterocycles. The van der Waals surface area contributed by atoms with E-state index in [0.29, 0.717) is 16.8 Å². The molecule has 2 aromatic rings. The van der Waals surface area contributed by atoms with Crippen molar-refractivity contribution in [2.24, 2.45) is 0 Å². The van der Waals surface area contributed by atoms with E-state index < -0.39 is 17.9 Å². The number of anilines is 1. The summed E-state index contributed by atoms with van der Waals surface area (Å²) >= 11 is 0. The topological polar surface area (TPSA) is 60.9 Å². The number of carbonyl (C=O) groups excluding carboxylic acids is 3. The van der Waals surface area contributed by atoms with Crippen LogP contribution in [-0.4, -0.2) is 46.8 Å². The second-order valence-corrected chi connectivity index (χ2v) is 6.27. The van der Waals surface area contributed by atoms with Gasteiger partial charge in [0.2, 0.25) is 0 Å². The molecule has 0 N–H and O–H groups in total. The number of hydrogen-bond acceptors (Lipinski definition) is 4. The summed E-state index contributed by atoms with van der Waals surface area (Å²) in [6, 6.07) is 14.7. The zero-order valence-electron chi connectivity index (χ0n) is 13.9. The Morgan fingerprint density at radius 1 is 0.800 bits per heavy atom. The van der Waals surface area contributed by atoms with Gasteiger partial charge in [0.25, 0.3) is 17.7 Å². The van der Waals surface area contributed by atoms with Crippen LogP contribution in [0.4, 0.5) is 5.69 Å². The number of benzene rings is 2. The summed E-state index contributed by atoms with van der Waals surface area (Å²) in [4.78, 5) is 39.7. The molecular formula is C19H17N3O3. The zero-order chi connectivity index (χ0) is 17.7. The van der Waals surface area contributed by atoms with E-state index in [1.807, 2.05) is 37.3 Å². The lowest BCUT2D eigenvalue weighted by atomic mass is 10.1. The Labute approximate surface area is 145 Å². The summed E-state index contributed by atoms with van der Waals surface area (Å²) < 4.78 is 0. The Morgan fingerprint density at radius 3 is 1.88 bits per heavy atom. The Balaban J connectivity index is 1.74. The van der Waals surface area contributed by atoms with Crippen molar-refractivity contribution in [3.8, 4) is 0 Å². The maximum atomic E-state index is 13.1. The van der Waals surface area contributed by atoms with Crippen LogP contribution in [0, 0.1) is 0 Å². The predicted octanol–water partition coefficient (Wildman–Crippen LogP) is 1.93. The average Bonchev–Trinajstić information content (AvgIpc) is 3.00. The summed E-state index contributed by atoms with van der Waals surface area (Å²) in [7, 11) is 1.79. The number of imide groups is 1. The van der Waals surface area contributed by atoms with Crippen LogP contribution in [0.2, 0.25) is 0 Å². The summed E-state index contributed by atoms with van der Waals surface area (Å²) in [5.74, 6) is -1.10. The highest BCUT2D eigenvalue weighted by Crippen LogP contribution is 2.33. The lowest BCUT2D eigenvalue weighted by molar-refractivity contribution is -0.121. The van der Waals surface area contributed by atoms with E-state index in [4.69, 9.17) is 0 Å². The minimum absolute atomic E-state index is 0.282. The maximum absolute atomic E-state index is 13.1. The first-order chi connectivity index (χ1) is 12.0. The number of carbonyl (C=O) groups is 3. The van der Waals surface area contributed by atoms with Gasteiger partial charge in [-0.05, 0) is 31.2 Å². The minimum Gasteiger partial charge on any atom is -0.271 e. The van der Waals surface area contributed by atoms with E-state index in [2.05, 4.69) is 0 Å². The first-order valence-corrected chi connectivity index (χ1v) is 8.11. The van der Waals surface area contributed by atoms with E-state index >= 15 is 0 Å². The van der Waals surface area contributed by atoms with Gasteiger partial charge in [0.15, 0.2) is 0 Å². The standard InChI is InChI=1S/C19H17N3O3/c1-12-16(19(25)22(20(12)2)13-8-4-3-5-9-13)21-17(23)14-10-6-7-11-15(14)18(21)24/h3-12,16H,1-2H3. The number of para-hydroxylation sites is 1. The largest absolute Gasteiger partial charge is 0.271 e. The summed E-state index contributed by atoms with van der Waals surface area (Å²) in [6.45, 7) is 1.84. The second kappa shape index (κ2) is 5.53. The smallest absolute Gasteiger partial charge is 0.266 e. The van der Waals surface area contributed by atoms with Crippen LogP contribution in [-0.2, 0) is 4.79 Å². The number of rotatable bonds is 2. The number of amides is 3. The van der Waals surface area contributed by atoms with E-state index in [1.54, 1.807) is 36.3 Å². The summed E-state index contributed by atoms with van der Waals surface area (Å²) in [5, 5.41) is 3.30. The lowest BCUT2D eigenvalue weighted by Crippen LogP contribution is -2.48. The van der Waals surface area contributed by atoms with Gasteiger partial charge in [-0.3, -0.25) is 19.3 Å². The molecule has 2 aliphatic heterocycles. The monoisotopic (exact) mass is 335 g/mol. The molecule has 2 aliphatic rings. The SMILES string of the molecule is CC1C(N2C(=O)c3ccccc3C2=O)C(=O)N(c2ccccc2)N1C. The molecule has 2 unspecified atom stereocenters. The number of hydrazine groups is 1. The molecule has 0 spiro atoms. The number of fused-ring (bicyclic) bond motifs is 1. The van der Waals surface area contributed by atoms with Crippen molar-refractivity contribution in [2.45, 2.75) is 19.0 Å². The Hall–Kier alpha value is -2.99. The van der Waals surface area contributed by atoms with Crippen molar-refractivity contribution in [1.82, 2.24) is 9.91 Å². The Kier molecular flexibility index (Phi) is 3.43. The average molecular weight is 335 g/mol. The number of hydrogen-bond donors (Lipinski definition) is 0. The van der Waals surface area contributed by atoms with Crippen molar-refractivity contribution in [2.75, 3.05) is 12.1 Å². The van der Waals surface area contributed by atoms with Crippen LogP contribution in [0.5, 0.6) is 0 Å². The van der Waals surface area contributed by atoms with Crippen LogP contribution in [0.15, 0.2) is 54.6 Å². The zero-order valence-corrected chi connectivity index (χ0v) is 13.9. The molecule has 25 heavy (non-hydrogen) atoms. The molecule has 2 aromatic carbocycles. The Bertz CT molecular complexity index is 845. The Morgan fingerprint density at radius 2 is 1.32 bits per heavy atom. The fourth-order valence-corrected chi connectivity index (χ4v) is 3.54. The van der Waals surface area contributed by atoms with Crippen LogP contribution in [0.3, 0.4) is 0 Å². The first kappa shape index (κ1) is 15.5. The molecule has 3 amide bonds. The molecule has 6 nitrogen and oxygen atoms in total. The quantitative estimate of drug-likeness (QED) is 0.787. The third-order valence-corrected chi connectivity index (χ3v) is 4.93. The van der Waals surface area contributed by atoms with Gasteiger partial charge in [0, 0.05) is 7.05 Å². The fourth-order valence-electron chi connectivity index (χ4n) is 3.54. The van der Waals surface area contributed by atoms with Crippen LogP contribution in [0.25, 0.3) is 0 Å². The van der Waals surface area contributed by atoms with Crippen molar-refractivity contribution < 1.29 is 14.4 Å². The second-order valence-electron chi connectivity index (χ2n) is 6.27. The van der Waals surface area contributed by atoms with Gasteiger partial charge < -0.3 is 0 Å². The highest BCUT2D eigenvalue weighted by Gasteiger charge is 2.52. The molecule has 1 fully saturated rings. The van der Waals surface area contributed by atoms with Gasteiger partial charge in [-0.1, -0.05) is 30.3 Å². The van der Waals surface area contributed by atoms with Crippen molar-refractivity contribution in [1.29, 1.82) is 0 Å². The highest BCUT2D eigenvalue weighted by molar-refractivity contribution is 6.23. The predicted molar refractivity (Wildman–Crippen MR) is 91.9 cm³/mol. The molecule has 2 atom stereocenters. The minimum atomic E-state index is -0.849. The van der Waals surface area contributed by atoms with Gasteiger partial charge in [0.05, 0.1) is 22.9 Å². The third-order valence-electron chi connectivity index (χ3n) is 4.93.